The van der Waals surface area contributed by atoms with Crippen LogP contribution in [0, 0.1) is 0 Å². The van der Waals surface area contributed by atoms with Crippen LogP contribution in [0.2, 0.25) is 0 Å². The molecule has 0 heterocycles. The van der Waals surface area contributed by atoms with Gasteiger partial charge in [-0.25, -0.2) is 4.99 Å². The Morgan fingerprint density at radius 1 is 0.867 bits per heavy atom. The van der Waals surface area contributed by atoms with Crippen molar-refractivity contribution in [1.29, 1.82) is 0 Å². The summed E-state index contributed by atoms with van der Waals surface area (Å²) >= 11 is 0. The van der Waals surface area contributed by atoms with Gasteiger partial charge in [0.25, 0.3) is 0 Å². The van der Waals surface area contributed by atoms with Gasteiger partial charge in [-0.2, -0.15) is 0 Å². The summed E-state index contributed by atoms with van der Waals surface area (Å²) in [5, 5.41) is 0. The fraction of sp³-hybridized carbons (Fsp3) is 0.0714. The standard InChI is InChI=1S/C28H26N2/c1-4-6-13-23(5-2)26-18-22(19-27(20-26)24-14-9-7-10-15-24)21-30-28(29-3)25-16-11-8-12-17-25/h4-20H,2-3,21H2,1H3/b6-4-,23-13+,30-28?. The first kappa shape index (κ1) is 20.9. The molecule has 3 rings (SSSR count). The molecule has 0 saturated carbocycles. The van der Waals surface area contributed by atoms with Gasteiger partial charge < -0.3 is 0 Å². The number of hydrogen-bond acceptors (Lipinski definition) is 1. The highest BCUT2D eigenvalue weighted by Gasteiger charge is 2.07. The van der Waals surface area contributed by atoms with E-state index in [1.807, 2.05) is 61.5 Å². The van der Waals surface area contributed by atoms with Gasteiger partial charge in [0.05, 0.1) is 6.54 Å². The van der Waals surface area contributed by atoms with E-state index < -0.39 is 0 Å². The maximum atomic E-state index is 4.73. The van der Waals surface area contributed by atoms with Crippen LogP contribution < -0.4 is 0 Å². The molecule has 0 saturated heterocycles. The van der Waals surface area contributed by atoms with E-state index in [0.717, 1.165) is 27.8 Å². The van der Waals surface area contributed by atoms with E-state index in [9.17, 15) is 0 Å². The fourth-order valence-electron chi connectivity index (χ4n) is 3.22. The van der Waals surface area contributed by atoms with Gasteiger partial charge >= 0.3 is 0 Å². The third kappa shape index (κ3) is 5.39. The predicted octanol–water partition coefficient (Wildman–Crippen LogP) is 7.15. The molecule has 3 aromatic rings. The Bertz CT molecular complexity index is 1090. The van der Waals surface area contributed by atoms with Crippen LogP contribution in [0.5, 0.6) is 0 Å². The molecule has 0 fully saturated rings. The molecule has 30 heavy (non-hydrogen) atoms. The molecule has 0 unspecified atom stereocenters. The van der Waals surface area contributed by atoms with Gasteiger partial charge in [0.2, 0.25) is 0 Å². The number of rotatable bonds is 7. The van der Waals surface area contributed by atoms with E-state index in [2.05, 4.69) is 66.8 Å². The monoisotopic (exact) mass is 390 g/mol. The maximum absolute atomic E-state index is 4.73. The van der Waals surface area contributed by atoms with E-state index in [0.29, 0.717) is 12.4 Å². The molecule has 0 aliphatic rings. The van der Waals surface area contributed by atoms with Gasteiger partial charge in [-0.3, -0.25) is 4.99 Å². The molecular formula is C28H26N2. The summed E-state index contributed by atoms with van der Waals surface area (Å²) < 4.78 is 0. The molecule has 0 radical (unpaired) electrons. The number of amidine groups is 1. The van der Waals surface area contributed by atoms with Crippen LogP contribution in [0.4, 0.5) is 0 Å². The maximum Gasteiger partial charge on any atom is 0.154 e. The lowest BCUT2D eigenvalue weighted by atomic mass is 9.95. The third-order valence-corrected chi connectivity index (χ3v) is 4.71. The van der Waals surface area contributed by atoms with Crippen molar-refractivity contribution in [3.63, 3.8) is 0 Å². The largest absolute Gasteiger partial charge is 0.261 e. The summed E-state index contributed by atoms with van der Waals surface area (Å²) in [5.74, 6) is 0.649. The summed E-state index contributed by atoms with van der Waals surface area (Å²) in [7, 11) is 0. The van der Waals surface area contributed by atoms with E-state index >= 15 is 0 Å². The van der Waals surface area contributed by atoms with E-state index in [4.69, 9.17) is 4.99 Å². The van der Waals surface area contributed by atoms with Crippen molar-refractivity contribution in [1.82, 2.24) is 0 Å². The summed E-state index contributed by atoms with van der Waals surface area (Å²) in [5.41, 5.74) is 6.58. The van der Waals surface area contributed by atoms with Crippen LogP contribution in [-0.4, -0.2) is 12.6 Å². The molecule has 0 bridgehead atoms. The summed E-state index contributed by atoms with van der Waals surface area (Å²) in [6, 6.07) is 26.9. The van der Waals surface area contributed by atoms with Crippen molar-refractivity contribution in [2.45, 2.75) is 13.5 Å². The zero-order chi connectivity index (χ0) is 21.2. The summed E-state index contributed by atoms with van der Waals surface area (Å²) in [4.78, 5) is 8.87. The minimum absolute atomic E-state index is 0.519. The lowest BCUT2D eigenvalue weighted by Crippen LogP contribution is -1.98. The minimum Gasteiger partial charge on any atom is -0.261 e. The average molecular weight is 391 g/mol. The van der Waals surface area contributed by atoms with Crippen LogP contribution in [0.3, 0.4) is 0 Å². The fourth-order valence-corrected chi connectivity index (χ4v) is 3.22. The van der Waals surface area contributed by atoms with Crippen molar-refractivity contribution >= 4 is 18.1 Å². The second-order valence-electron chi connectivity index (χ2n) is 6.80. The number of allylic oxidation sites excluding steroid dienone is 5. The molecule has 148 valence electrons. The number of aliphatic imine (C=N–C) groups is 2. The molecule has 0 N–H and O–H groups in total. The van der Waals surface area contributed by atoms with Gasteiger partial charge in [0.15, 0.2) is 5.84 Å². The van der Waals surface area contributed by atoms with Crippen molar-refractivity contribution in [3.8, 4) is 11.1 Å². The van der Waals surface area contributed by atoms with E-state index in [1.54, 1.807) is 0 Å². The van der Waals surface area contributed by atoms with Gasteiger partial charge in [-0.1, -0.05) is 91.5 Å². The summed E-state index contributed by atoms with van der Waals surface area (Å²) in [6.45, 7) is 10.2. The van der Waals surface area contributed by atoms with Gasteiger partial charge in [-0.15, -0.1) is 0 Å². The predicted molar refractivity (Wildman–Crippen MR) is 131 cm³/mol. The topological polar surface area (TPSA) is 24.7 Å². The van der Waals surface area contributed by atoms with Crippen molar-refractivity contribution in [2.75, 3.05) is 0 Å². The molecular weight excluding hydrogens is 364 g/mol. The molecule has 0 atom stereocenters. The SMILES string of the molecule is C=C/C(=C\C=C/C)c1cc(CN=C(N=C)c2ccccc2)cc(-c2ccccc2)c1. The smallest absolute Gasteiger partial charge is 0.154 e. The van der Waals surface area contributed by atoms with E-state index in [-0.39, 0.29) is 0 Å². The molecule has 0 aliphatic carbocycles. The highest BCUT2D eigenvalue weighted by Crippen LogP contribution is 2.27. The molecule has 0 aromatic heterocycles. The van der Waals surface area contributed by atoms with Crippen LogP contribution >= 0.6 is 0 Å². The molecule has 2 heteroatoms. The number of benzene rings is 3. The van der Waals surface area contributed by atoms with Crippen molar-refractivity contribution in [2.24, 2.45) is 9.98 Å². The Hall–Kier alpha value is -3.78. The van der Waals surface area contributed by atoms with Gasteiger partial charge in [0, 0.05) is 5.56 Å². The Kier molecular flexibility index (Phi) is 7.45. The lowest BCUT2D eigenvalue weighted by molar-refractivity contribution is 1.06. The van der Waals surface area contributed by atoms with Gasteiger partial charge in [0.1, 0.15) is 0 Å². The zero-order valence-electron chi connectivity index (χ0n) is 17.3. The Labute approximate surface area is 179 Å². The average Bonchev–Trinajstić information content (AvgIpc) is 2.81. The lowest BCUT2D eigenvalue weighted by Gasteiger charge is -2.11. The van der Waals surface area contributed by atoms with Gasteiger partial charge in [-0.05, 0) is 59.7 Å². The number of hydrogen-bond donors (Lipinski definition) is 0. The molecule has 3 aromatic carbocycles. The van der Waals surface area contributed by atoms with E-state index in [1.165, 1.54) is 5.56 Å². The molecule has 0 aliphatic heterocycles. The quantitative estimate of drug-likeness (QED) is 0.232. The first-order valence-electron chi connectivity index (χ1n) is 9.97. The van der Waals surface area contributed by atoms with Crippen LogP contribution in [0.15, 0.2) is 120 Å². The molecule has 0 amide bonds. The second kappa shape index (κ2) is 10.7. The minimum atomic E-state index is 0.519. The highest BCUT2D eigenvalue weighted by molar-refractivity contribution is 6.01. The molecule has 0 spiro atoms. The first-order chi connectivity index (χ1) is 14.7. The number of nitrogens with zero attached hydrogens (tertiary/aromatic N) is 2. The summed E-state index contributed by atoms with van der Waals surface area (Å²) in [6.07, 6.45) is 8.00. The first-order valence-corrected chi connectivity index (χ1v) is 9.97. The Balaban J connectivity index is 2.04. The van der Waals surface area contributed by atoms with Crippen LogP contribution in [0.25, 0.3) is 16.7 Å². The third-order valence-electron chi connectivity index (χ3n) is 4.71. The second-order valence-corrected chi connectivity index (χ2v) is 6.80. The Morgan fingerprint density at radius 3 is 2.20 bits per heavy atom. The van der Waals surface area contributed by atoms with Crippen molar-refractivity contribution < 1.29 is 0 Å². The Morgan fingerprint density at radius 2 is 1.57 bits per heavy atom. The highest BCUT2D eigenvalue weighted by atomic mass is 14.9. The van der Waals surface area contributed by atoms with Crippen molar-refractivity contribution in [3.05, 3.63) is 126 Å². The van der Waals surface area contributed by atoms with Crippen LogP contribution in [-0.2, 0) is 6.54 Å². The normalized spacial score (nSPS) is 12.2. The zero-order valence-corrected chi connectivity index (χ0v) is 17.3. The molecule has 2 nitrogen and oxygen atoms in total. The van der Waals surface area contributed by atoms with Crippen LogP contribution in [0.1, 0.15) is 23.6 Å².